The van der Waals surface area contributed by atoms with E-state index in [1.807, 2.05) is 17.0 Å². The van der Waals surface area contributed by atoms with Gasteiger partial charge in [-0.25, -0.2) is 22.2 Å². The number of anilines is 2. The molecule has 0 aliphatic rings. The van der Waals surface area contributed by atoms with Crippen molar-refractivity contribution in [1.82, 2.24) is 4.98 Å². The maximum Gasteiger partial charge on any atom is 0.263 e. The average Bonchev–Trinajstić information content (AvgIpc) is 2.67. The second-order valence-corrected chi connectivity index (χ2v) is 7.96. The van der Waals surface area contributed by atoms with E-state index in [9.17, 15) is 17.2 Å². The molecule has 0 aliphatic heterocycles. The van der Waals surface area contributed by atoms with Crippen LogP contribution in [0.25, 0.3) is 0 Å². The average molecular weight is 414 g/mol. The maximum atomic E-state index is 13.3. The van der Waals surface area contributed by atoms with E-state index in [2.05, 4.69) is 15.8 Å². The summed E-state index contributed by atoms with van der Waals surface area (Å²) < 4.78 is 53.5. The first-order valence-electron chi connectivity index (χ1n) is 8.42. The molecule has 0 amide bonds. The minimum atomic E-state index is -4.05. The number of aromatic nitrogens is 1. The Kier molecular flexibility index (Phi) is 5.75. The number of nitrogens with zero attached hydrogens (tertiary/aromatic N) is 3. The van der Waals surface area contributed by atoms with Gasteiger partial charge in [0.25, 0.3) is 10.0 Å². The summed E-state index contributed by atoms with van der Waals surface area (Å²) in [6.45, 7) is 0.506. The van der Waals surface area contributed by atoms with E-state index in [0.29, 0.717) is 24.0 Å². The number of nitrogens with one attached hydrogen (secondary N) is 1. The first kappa shape index (κ1) is 20.2. The predicted octanol–water partition coefficient (Wildman–Crippen LogP) is 3.67. The van der Waals surface area contributed by atoms with Gasteiger partial charge >= 0.3 is 0 Å². The molecule has 1 N–H and O–H groups in total. The van der Waals surface area contributed by atoms with Gasteiger partial charge in [0.2, 0.25) is 0 Å². The minimum absolute atomic E-state index is 0.141. The van der Waals surface area contributed by atoms with Crippen LogP contribution in [0.3, 0.4) is 0 Å². The van der Waals surface area contributed by atoms with Crippen LogP contribution in [0.5, 0.6) is 0 Å². The SMILES string of the molecule is CN(Cc1ccc(C#N)cc1)c1ccc(S(=O)(=O)Nc2cc(F)cc(F)c2)cn1. The maximum absolute atomic E-state index is 13.3. The third-order valence-corrected chi connectivity index (χ3v) is 5.41. The molecule has 29 heavy (non-hydrogen) atoms. The number of hydrogen-bond donors (Lipinski definition) is 1. The Morgan fingerprint density at radius 1 is 1.07 bits per heavy atom. The highest BCUT2D eigenvalue weighted by molar-refractivity contribution is 7.92. The van der Waals surface area contributed by atoms with E-state index in [-0.39, 0.29) is 10.6 Å². The van der Waals surface area contributed by atoms with Gasteiger partial charge in [0.05, 0.1) is 17.3 Å². The molecule has 9 heteroatoms. The summed E-state index contributed by atoms with van der Waals surface area (Å²) in [4.78, 5) is 5.83. The number of sulfonamides is 1. The van der Waals surface area contributed by atoms with E-state index >= 15 is 0 Å². The molecule has 0 saturated carbocycles. The van der Waals surface area contributed by atoms with E-state index in [1.165, 1.54) is 18.3 Å². The Morgan fingerprint density at radius 3 is 2.28 bits per heavy atom. The molecule has 0 unspecified atom stereocenters. The zero-order valence-electron chi connectivity index (χ0n) is 15.3. The molecular formula is C20H16F2N4O2S. The van der Waals surface area contributed by atoms with Gasteiger partial charge in [0.1, 0.15) is 22.3 Å². The number of benzene rings is 2. The van der Waals surface area contributed by atoms with E-state index < -0.39 is 21.7 Å². The van der Waals surface area contributed by atoms with Gasteiger partial charge in [-0.15, -0.1) is 0 Å². The van der Waals surface area contributed by atoms with Crippen LogP contribution in [-0.4, -0.2) is 20.4 Å². The normalized spacial score (nSPS) is 11.0. The number of halogens is 2. The van der Waals surface area contributed by atoms with Crippen LogP contribution < -0.4 is 9.62 Å². The van der Waals surface area contributed by atoms with E-state index in [0.717, 1.165) is 17.7 Å². The largest absolute Gasteiger partial charge is 0.355 e. The summed E-state index contributed by atoms with van der Waals surface area (Å²) >= 11 is 0. The van der Waals surface area contributed by atoms with Crippen LogP contribution in [0.15, 0.2) is 65.7 Å². The van der Waals surface area contributed by atoms with Gasteiger partial charge in [-0.05, 0) is 42.0 Å². The van der Waals surface area contributed by atoms with Crippen LogP contribution in [-0.2, 0) is 16.6 Å². The third-order valence-electron chi connectivity index (χ3n) is 4.04. The van der Waals surface area contributed by atoms with E-state index in [4.69, 9.17) is 5.26 Å². The van der Waals surface area contributed by atoms with Crippen molar-refractivity contribution in [1.29, 1.82) is 5.26 Å². The molecule has 0 aliphatic carbocycles. The quantitative estimate of drug-likeness (QED) is 0.665. The molecule has 3 aromatic rings. The van der Waals surface area contributed by atoms with Crippen molar-refractivity contribution in [3.63, 3.8) is 0 Å². The molecule has 0 saturated heterocycles. The smallest absolute Gasteiger partial charge is 0.263 e. The van der Waals surface area contributed by atoms with Gasteiger partial charge in [-0.1, -0.05) is 12.1 Å². The van der Waals surface area contributed by atoms with Crippen LogP contribution in [0, 0.1) is 23.0 Å². The van der Waals surface area contributed by atoms with Crippen LogP contribution in [0.2, 0.25) is 0 Å². The van der Waals surface area contributed by atoms with Crippen molar-refractivity contribution in [3.8, 4) is 6.07 Å². The second kappa shape index (κ2) is 8.24. The Balaban J connectivity index is 1.73. The highest BCUT2D eigenvalue weighted by atomic mass is 32.2. The lowest BCUT2D eigenvalue weighted by Crippen LogP contribution is -2.18. The van der Waals surface area contributed by atoms with Gasteiger partial charge in [-0.2, -0.15) is 5.26 Å². The first-order valence-corrected chi connectivity index (χ1v) is 9.90. The van der Waals surface area contributed by atoms with Gasteiger partial charge in [-0.3, -0.25) is 4.72 Å². The summed E-state index contributed by atoms with van der Waals surface area (Å²) in [5.41, 5.74) is 1.30. The topological polar surface area (TPSA) is 86.1 Å². The highest BCUT2D eigenvalue weighted by Crippen LogP contribution is 2.20. The molecule has 3 rings (SSSR count). The van der Waals surface area contributed by atoms with Crippen molar-refractivity contribution in [3.05, 3.63) is 83.6 Å². The van der Waals surface area contributed by atoms with Gasteiger partial charge < -0.3 is 4.90 Å². The molecule has 1 heterocycles. The van der Waals surface area contributed by atoms with Crippen molar-refractivity contribution in [2.24, 2.45) is 0 Å². The summed E-state index contributed by atoms with van der Waals surface area (Å²) in [7, 11) is -2.26. The van der Waals surface area contributed by atoms with Crippen LogP contribution in [0.1, 0.15) is 11.1 Å². The Hall–Kier alpha value is -3.51. The number of hydrogen-bond acceptors (Lipinski definition) is 5. The second-order valence-electron chi connectivity index (χ2n) is 6.28. The Labute approximate surface area is 167 Å². The predicted molar refractivity (Wildman–Crippen MR) is 105 cm³/mol. The summed E-state index contributed by atoms with van der Waals surface area (Å²) in [6, 6.07) is 14.4. The third kappa shape index (κ3) is 5.06. The van der Waals surface area contributed by atoms with Crippen molar-refractivity contribution in [2.45, 2.75) is 11.4 Å². The fourth-order valence-electron chi connectivity index (χ4n) is 2.62. The molecule has 0 bridgehead atoms. The van der Waals surface area contributed by atoms with Crippen molar-refractivity contribution >= 4 is 21.5 Å². The molecular weight excluding hydrogens is 398 g/mol. The van der Waals surface area contributed by atoms with E-state index in [1.54, 1.807) is 19.2 Å². The van der Waals surface area contributed by atoms with Gasteiger partial charge in [0.15, 0.2) is 0 Å². The first-order chi connectivity index (χ1) is 13.8. The minimum Gasteiger partial charge on any atom is -0.355 e. The van der Waals surface area contributed by atoms with Crippen molar-refractivity contribution in [2.75, 3.05) is 16.7 Å². The summed E-state index contributed by atoms with van der Waals surface area (Å²) in [5, 5.41) is 8.84. The standard InChI is InChI=1S/C20H16F2N4O2S/c1-26(13-15-4-2-14(11-23)3-5-15)20-7-6-19(12-24-20)29(27,28)25-18-9-16(21)8-17(22)10-18/h2-10,12,25H,13H2,1H3. The summed E-state index contributed by atoms with van der Waals surface area (Å²) in [5.74, 6) is -1.24. The molecule has 148 valence electrons. The summed E-state index contributed by atoms with van der Waals surface area (Å²) in [6.07, 6.45) is 1.17. The Bertz CT molecular complexity index is 1140. The lowest BCUT2D eigenvalue weighted by atomic mass is 10.1. The number of nitriles is 1. The lowest BCUT2D eigenvalue weighted by Gasteiger charge is -2.18. The van der Waals surface area contributed by atoms with Gasteiger partial charge in [0, 0.05) is 25.9 Å². The highest BCUT2D eigenvalue weighted by Gasteiger charge is 2.16. The van der Waals surface area contributed by atoms with Crippen molar-refractivity contribution < 1.29 is 17.2 Å². The molecule has 0 radical (unpaired) electrons. The molecule has 0 fully saturated rings. The molecule has 1 aromatic heterocycles. The Morgan fingerprint density at radius 2 is 1.72 bits per heavy atom. The fourth-order valence-corrected chi connectivity index (χ4v) is 3.61. The molecule has 2 aromatic carbocycles. The fraction of sp³-hybridized carbons (Fsp3) is 0.100. The zero-order valence-corrected chi connectivity index (χ0v) is 16.1. The molecule has 0 spiro atoms. The zero-order chi connectivity index (χ0) is 21.0. The van der Waals surface area contributed by atoms with Crippen LogP contribution >= 0.6 is 0 Å². The monoisotopic (exact) mass is 414 g/mol. The number of rotatable bonds is 6. The molecule has 6 nitrogen and oxygen atoms in total. The lowest BCUT2D eigenvalue weighted by molar-refractivity contribution is 0.584. The molecule has 0 atom stereocenters. The van der Waals surface area contributed by atoms with Crippen LogP contribution in [0.4, 0.5) is 20.3 Å². The number of pyridine rings is 1.